The molecule has 0 aliphatic carbocycles. The minimum atomic E-state index is -0.486. The first-order valence-electron chi connectivity index (χ1n) is 6.28. The summed E-state index contributed by atoms with van der Waals surface area (Å²) in [6.45, 7) is 1.68. The third kappa shape index (κ3) is 3.20. The summed E-state index contributed by atoms with van der Waals surface area (Å²) in [6, 6.07) is 8.57. The van der Waals surface area contributed by atoms with Crippen LogP contribution in [-0.4, -0.2) is 37.9 Å². The first-order valence-corrected chi connectivity index (χ1v) is 6.28. The van der Waals surface area contributed by atoms with Crippen molar-refractivity contribution in [3.05, 3.63) is 29.8 Å². The Morgan fingerprint density at radius 1 is 1.29 bits per heavy atom. The summed E-state index contributed by atoms with van der Waals surface area (Å²) in [7, 11) is 4.09. The van der Waals surface area contributed by atoms with Crippen molar-refractivity contribution in [1.29, 1.82) is 0 Å². The van der Waals surface area contributed by atoms with E-state index in [1.165, 1.54) is 11.3 Å². The van der Waals surface area contributed by atoms with Gasteiger partial charge in [0, 0.05) is 26.3 Å². The second-order valence-corrected chi connectivity index (χ2v) is 5.21. The quantitative estimate of drug-likeness (QED) is 0.827. The molecule has 2 N–H and O–H groups in total. The minimum Gasteiger partial charge on any atom is -0.389 e. The van der Waals surface area contributed by atoms with Crippen LogP contribution in [0.3, 0.4) is 0 Å². The van der Waals surface area contributed by atoms with Gasteiger partial charge in [0.05, 0.1) is 5.60 Å². The number of benzene rings is 1. The molecule has 0 spiro atoms. The fourth-order valence-electron chi connectivity index (χ4n) is 2.28. The number of anilines is 1. The van der Waals surface area contributed by atoms with Crippen molar-refractivity contribution in [3.63, 3.8) is 0 Å². The van der Waals surface area contributed by atoms with Crippen molar-refractivity contribution in [3.8, 4) is 0 Å². The number of aryl methyl sites for hydroxylation is 1. The Balaban J connectivity index is 1.90. The lowest BCUT2D eigenvalue weighted by Crippen LogP contribution is -2.31. The molecule has 1 unspecified atom stereocenters. The van der Waals surface area contributed by atoms with Gasteiger partial charge in [-0.2, -0.15) is 0 Å². The lowest BCUT2D eigenvalue weighted by atomic mass is 9.94. The molecule has 1 fully saturated rings. The summed E-state index contributed by atoms with van der Waals surface area (Å²) in [4.78, 5) is 2.10. The van der Waals surface area contributed by atoms with Crippen LogP contribution in [-0.2, 0) is 6.42 Å². The fourth-order valence-corrected chi connectivity index (χ4v) is 2.28. The molecule has 0 radical (unpaired) electrons. The van der Waals surface area contributed by atoms with Gasteiger partial charge in [-0.25, -0.2) is 0 Å². The van der Waals surface area contributed by atoms with E-state index in [4.69, 9.17) is 0 Å². The van der Waals surface area contributed by atoms with Gasteiger partial charge < -0.3 is 15.3 Å². The monoisotopic (exact) mass is 234 g/mol. The van der Waals surface area contributed by atoms with Crippen molar-refractivity contribution >= 4 is 5.69 Å². The third-order valence-corrected chi connectivity index (χ3v) is 3.55. The van der Waals surface area contributed by atoms with E-state index in [0.29, 0.717) is 0 Å². The van der Waals surface area contributed by atoms with Crippen molar-refractivity contribution in [1.82, 2.24) is 5.32 Å². The van der Waals surface area contributed by atoms with E-state index >= 15 is 0 Å². The van der Waals surface area contributed by atoms with Gasteiger partial charge in [-0.05, 0) is 43.5 Å². The summed E-state index contributed by atoms with van der Waals surface area (Å²) in [5.74, 6) is 0. The topological polar surface area (TPSA) is 35.5 Å². The highest BCUT2D eigenvalue weighted by molar-refractivity contribution is 5.46. The number of β-amino-alcohol motifs (C(OH)–C–C–N with tert-alkyl or cyclic N) is 1. The highest BCUT2D eigenvalue weighted by atomic mass is 16.3. The number of nitrogens with one attached hydrogen (secondary N) is 1. The van der Waals surface area contributed by atoms with Crippen LogP contribution < -0.4 is 10.2 Å². The molecule has 2 rings (SSSR count). The first-order chi connectivity index (χ1) is 8.09. The zero-order valence-corrected chi connectivity index (χ0v) is 10.7. The lowest BCUT2D eigenvalue weighted by molar-refractivity contribution is 0.0526. The Bertz CT molecular complexity index is 353. The molecule has 0 saturated carbocycles. The van der Waals surface area contributed by atoms with Gasteiger partial charge in [0.15, 0.2) is 0 Å². The fraction of sp³-hybridized carbons (Fsp3) is 0.571. The van der Waals surface area contributed by atoms with Gasteiger partial charge in [0.1, 0.15) is 0 Å². The molecule has 1 atom stereocenters. The van der Waals surface area contributed by atoms with Crippen LogP contribution in [0.2, 0.25) is 0 Å². The van der Waals surface area contributed by atoms with E-state index in [1.807, 2.05) is 14.1 Å². The zero-order chi connectivity index (χ0) is 12.3. The predicted octanol–water partition coefficient (Wildman–Crippen LogP) is 1.41. The predicted molar refractivity (Wildman–Crippen MR) is 71.5 cm³/mol. The van der Waals surface area contributed by atoms with Crippen LogP contribution >= 0.6 is 0 Å². The molecule has 1 aromatic carbocycles. The average molecular weight is 234 g/mol. The number of nitrogens with zero attached hydrogens (tertiary/aromatic N) is 1. The molecular weight excluding hydrogens is 212 g/mol. The standard InChI is InChI=1S/C14H22N2O/c1-16(2)13-5-3-12(4-6-13)7-8-14(17)9-10-15-11-14/h3-6,15,17H,7-11H2,1-2H3. The maximum Gasteiger partial charge on any atom is 0.0786 e. The van der Waals surface area contributed by atoms with Gasteiger partial charge in [-0.15, -0.1) is 0 Å². The molecule has 94 valence electrons. The molecule has 0 bridgehead atoms. The van der Waals surface area contributed by atoms with Gasteiger partial charge >= 0.3 is 0 Å². The van der Waals surface area contributed by atoms with E-state index in [2.05, 4.69) is 34.5 Å². The van der Waals surface area contributed by atoms with Crippen molar-refractivity contribution < 1.29 is 5.11 Å². The summed E-state index contributed by atoms with van der Waals surface area (Å²) < 4.78 is 0. The molecule has 3 heteroatoms. The van der Waals surface area contributed by atoms with E-state index < -0.39 is 5.60 Å². The Kier molecular flexibility index (Phi) is 3.69. The third-order valence-electron chi connectivity index (χ3n) is 3.55. The molecule has 3 nitrogen and oxygen atoms in total. The molecule has 1 aromatic rings. The summed E-state index contributed by atoms with van der Waals surface area (Å²) in [5.41, 5.74) is 2.03. The van der Waals surface area contributed by atoms with Gasteiger partial charge in [-0.3, -0.25) is 0 Å². The molecule has 17 heavy (non-hydrogen) atoms. The van der Waals surface area contributed by atoms with Crippen molar-refractivity contribution in [2.75, 3.05) is 32.1 Å². The van der Waals surface area contributed by atoms with E-state index in [9.17, 15) is 5.11 Å². The molecule has 1 heterocycles. The second kappa shape index (κ2) is 5.07. The average Bonchev–Trinajstić information content (AvgIpc) is 2.75. The van der Waals surface area contributed by atoms with Crippen LogP contribution in [0.15, 0.2) is 24.3 Å². The van der Waals surface area contributed by atoms with Crippen LogP contribution in [0.5, 0.6) is 0 Å². The maximum absolute atomic E-state index is 10.2. The van der Waals surface area contributed by atoms with E-state index in [-0.39, 0.29) is 0 Å². The maximum atomic E-state index is 10.2. The normalized spacial score (nSPS) is 23.9. The Morgan fingerprint density at radius 2 is 2.00 bits per heavy atom. The summed E-state index contributed by atoms with van der Waals surface area (Å²) in [6.07, 6.45) is 2.68. The highest BCUT2D eigenvalue weighted by Crippen LogP contribution is 2.22. The summed E-state index contributed by atoms with van der Waals surface area (Å²) in [5, 5.41) is 13.4. The SMILES string of the molecule is CN(C)c1ccc(CCC2(O)CCNC2)cc1. The molecule has 1 aliphatic rings. The number of hydrogen-bond donors (Lipinski definition) is 2. The lowest BCUT2D eigenvalue weighted by Gasteiger charge is -2.21. The molecule has 0 aromatic heterocycles. The number of hydrogen-bond acceptors (Lipinski definition) is 3. The van der Waals surface area contributed by atoms with Crippen molar-refractivity contribution in [2.24, 2.45) is 0 Å². The molecule has 0 amide bonds. The Labute approximate surface area is 103 Å². The van der Waals surface area contributed by atoms with Crippen LogP contribution in [0.1, 0.15) is 18.4 Å². The van der Waals surface area contributed by atoms with Gasteiger partial charge in [0.25, 0.3) is 0 Å². The highest BCUT2D eigenvalue weighted by Gasteiger charge is 2.30. The number of aliphatic hydroxyl groups is 1. The Hall–Kier alpha value is -1.06. The van der Waals surface area contributed by atoms with E-state index in [0.717, 1.165) is 32.4 Å². The zero-order valence-electron chi connectivity index (χ0n) is 10.7. The van der Waals surface area contributed by atoms with Crippen LogP contribution in [0.25, 0.3) is 0 Å². The minimum absolute atomic E-state index is 0.486. The largest absolute Gasteiger partial charge is 0.389 e. The second-order valence-electron chi connectivity index (χ2n) is 5.21. The first kappa shape index (κ1) is 12.4. The van der Waals surface area contributed by atoms with Crippen LogP contribution in [0, 0.1) is 0 Å². The van der Waals surface area contributed by atoms with Gasteiger partial charge in [0.2, 0.25) is 0 Å². The van der Waals surface area contributed by atoms with Gasteiger partial charge in [-0.1, -0.05) is 12.1 Å². The number of rotatable bonds is 4. The molecular formula is C14H22N2O. The van der Waals surface area contributed by atoms with Crippen molar-refractivity contribution in [2.45, 2.75) is 24.9 Å². The molecule has 1 saturated heterocycles. The smallest absolute Gasteiger partial charge is 0.0786 e. The molecule has 1 aliphatic heterocycles. The van der Waals surface area contributed by atoms with E-state index in [1.54, 1.807) is 0 Å². The van der Waals surface area contributed by atoms with Crippen LogP contribution in [0.4, 0.5) is 5.69 Å². The Morgan fingerprint density at radius 3 is 2.53 bits per heavy atom. The summed E-state index contributed by atoms with van der Waals surface area (Å²) >= 11 is 0.